The van der Waals surface area contributed by atoms with E-state index in [4.69, 9.17) is 0 Å². The minimum Gasteiger partial charge on any atom is -0.549 e. The minimum atomic E-state index is -1.49. The first-order chi connectivity index (χ1) is 11.2. The van der Waals surface area contributed by atoms with Crippen molar-refractivity contribution in [2.45, 2.75) is 37.8 Å². The van der Waals surface area contributed by atoms with Crippen molar-refractivity contribution in [3.63, 3.8) is 0 Å². The molecule has 0 aromatic rings. The van der Waals surface area contributed by atoms with Gasteiger partial charge in [-0.15, -0.1) is 0 Å². The molecule has 0 aromatic heterocycles. The van der Waals surface area contributed by atoms with E-state index in [2.05, 4.69) is 0 Å². The molecule has 136 valence electrons. The molecule has 1 rings (SSSR count). The Labute approximate surface area is 231 Å². The van der Waals surface area contributed by atoms with Crippen molar-refractivity contribution in [2.75, 3.05) is 26.2 Å². The molecule has 0 N–H and O–H groups in total. The van der Waals surface area contributed by atoms with Gasteiger partial charge < -0.3 is 39.6 Å². The van der Waals surface area contributed by atoms with E-state index in [1.807, 2.05) is 0 Å². The summed E-state index contributed by atoms with van der Waals surface area (Å²) >= 11 is 0. The number of carboxylic acids is 4. The average molecular weight is 428 g/mol. The summed E-state index contributed by atoms with van der Waals surface area (Å²) in [5.41, 5.74) is 0. The molecule has 0 saturated heterocycles. The van der Waals surface area contributed by atoms with Crippen LogP contribution in [-0.4, -0.2) is 110 Å². The Morgan fingerprint density at radius 3 is 1.04 bits per heavy atom. The Balaban J connectivity index is -0.00000192. The molecule has 27 heavy (non-hydrogen) atoms. The van der Waals surface area contributed by atoms with Crippen LogP contribution in [0.3, 0.4) is 0 Å². The molecule has 1 aliphatic carbocycles. The fourth-order valence-corrected chi connectivity index (χ4v) is 3.19. The molecule has 13 heteroatoms. The number of hydrogen-bond acceptors (Lipinski definition) is 10. The summed E-state index contributed by atoms with van der Waals surface area (Å²) in [7, 11) is 0. The van der Waals surface area contributed by atoms with Crippen molar-refractivity contribution in [3.05, 3.63) is 0 Å². The maximum atomic E-state index is 10.9. The number of carbonyl (C=O) groups is 4. The van der Waals surface area contributed by atoms with Crippen LogP contribution >= 0.6 is 0 Å². The van der Waals surface area contributed by atoms with E-state index in [9.17, 15) is 39.6 Å². The molecule has 1 fully saturated rings. The summed E-state index contributed by atoms with van der Waals surface area (Å²) < 4.78 is 0. The largest absolute Gasteiger partial charge is 2.00 e. The van der Waals surface area contributed by atoms with Crippen LogP contribution in [0.15, 0.2) is 0 Å². The quantitative estimate of drug-likeness (QED) is 0.305. The molecule has 0 radical (unpaired) electrons. The van der Waals surface area contributed by atoms with E-state index in [0.29, 0.717) is 25.7 Å². The van der Waals surface area contributed by atoms with Crippen molar-refractivity contribution < 1.29 is 98.7 Å². The van der Waals surface area contributed by atoms with Crippen LogP contribution in [0, 0.1) is 0 Å². The maximum Gasteiger partial charge on any atom is 2.00 e. The Bertz CT molecular complexity index is 436. The summed E-state index contributed by atoms with van der Waals surface area (Å²) in [4.78, 5) is 45.7. The van der Waals surface area contributed by atoms with Crippen molar-refractivity contribution in [1.82, 2.24) is 9.80 Å². The number of hydrogen-bond donors (Lipinski definition) is 0. The number of carboxylic acid groups (broad SMARTS) is 4. The topological polar surface area (TPSA) is 167 Å². The third-order valence-electron chi connectivity index (χ3n) is 3.96. The summed E-state index contributed by atoms with van der Waals surface area (Å²) in [6.07, 6.45) is 2.12. The molecule has 2 unspecified atom stereocenters. The normalized spacial score (nSPS) is 18.6. The third-order valence-corrected chi connectivity index (χ3v) is 3.96. The fraction of sp³-hybridized carbons (Fsp3) is 0.714. The Morgan fingerprint density at radius 1 is 0.630 bits per heavy atom. The molecule has 10 nitrogen and oxygen atoms in total. The van der Waals surface area contributed by atoms with Gasteiger partial charge in [0.2, 0.25) is 0 Å². The zero-order valence-corrected chi connectivity index (χ0v) is 21.9. The number of aliphatic carboxylic acids is 4. The standard InChI is InChI=1S/C14H22N2O8.Ca.2Na/c17-11(18)5-15(6-12(19)20)9-3-1-2-4-10(9)16(7-13(21)22)8-14(23)24;;;/h9-10H,1-8H2,(H,17,18)(H,19,20)(H,21,22)(H,23,24);;;/q;+2;2*+1/p-4. The molecule has 1 saturated carbocycles. The predicted molar refractivity (Wildman–Crippen MR) is 75.0 cm³/mol. The monoisotopic (exact) mass is 428 g/mol. The van der Waals surface area contributed by atoms with Crippen LogP contribution in [0.1, 0.15) is 25.7 Å². The average Bonchev–Trinajstić information content (AvgIpc) is 2.44. The van der Waals surface area contributed by atoms with E-state index in [-0.39, 0.29) is 96.9 Å². The minimum absolute atomic E-state index is 0. The van der Waals surface area contributed by atoms with Crippen LogP contribution < -0.4 is 79.5 Å². The summed E-state index contributed by atoms with van der Waals surface area (Å²) in [6, 6.07) is -1.32. The maximum absolute atomic E-state index is 10.9. The van der Waals surface area contributed by atoms with Gasteiger partial charge in [0, 0.05) is 38.3 Å². The van der Waals surface area contributed by atoms with Crippen molar-refractivity contribution >= 4 is 61.6 Å². The Kier molecular flexibility index (Phi) is 20.4. The number of rotatable bonds is 10. The molecule has 2 atom stereocenters. The molecule has 0 heterocycles. The first-order valence-electron chi connectivity index (χ1n) is 7.48. The first-order valence-corrected chi connectivity index (χ1v) is 7.48. The van der Waals surface area contributed by atoms with Gasteiger partial charge in [-0.3, -0.25) is 9.80 Å². The summed E-state index contributed by atoms with van der Waals surface area (Å²) in [5, 5.41) is 43.5. The second-order valence-corrected chi connectivity index (χ2v) is 5.72. The number of carbonyl (C=O) groups excluding carboxylic acids is 4. The molecule has 0 spiro atoms. The van der Waals surface area contributed by atoms with Gasteiger partial charge >= 0.3 is 96.9 Å². The zero-order chi connectivity index (χ0) is 18.3. The van der Waals surface area contributed by atoms with Gasteiger partial charge in [-0.25, -0.2) is 0 Å². The van der Waals surface area contributed by atoms with E-state index in [1.165, 1.54) is 0 Å². The van der Waals surface area contributed by atoms with E-state index < -0.39 is 62.1 Å². The summed E-state index contributed by atoms with van der Waals surface area (Å²) in [6.45, 7) is -2.72. The Morgan fingerprint density at radius 2 is 0.852 bits per heavy atom. The zero-order valence-electron chi connectivity index (χ0n) is 15.7. The van der Waals surface area contributed by atoms with Gasteiger partial charge in [0.15, 0.2) is 0 Å². The van der Waals surface area contributed by atoms with E-state index >= 15 is 0 Å². The van der Waals surface area contributed by atoms with Gasteiger partial charge in [0.1, 0.15) is 0 Å². The molecule has 0 aromatic carbocycles. The van der Waals surface area contributed by atoms with Crippen LogP contribution in [-0.2, 0) is 19.2 Å². The molecule has 0 amide bonds. The van der Waals surface area contributed by atoms with Crippen molar-refractivity contribution in [2.24, 2.45) is 0 Å². The van der Waals surface area contributed by atoms with Crippen LogP contribution in [0.2, 0.25) is 0 Å². The smallest absolute Gasteiger partial charge is 0.549 e. The summed E-state index contributed by atoms with van der Waals surface area (Å²) in [5.74, 6) is -5.97. The van der Waals surface area contributed by atoms with Gasteiger partial charge in [-0.2, -0.15) is 0 Å². The Hall–Kier alpha value is 1.06. The SMILES string of the molecule is O=C([O-])CN(CC(=O)[O-])C1CCCCC1N(CC(=O)[O-])CC(=O)[O-].[Ca+2].[Na+].[Na+]. The van der Waals surface area contributed by atoms with Gasteiger partial charge in [0.05, 0.1) is 23.9 Å². The molecule has 0 aliphatic heterocycles. The fourth-order valence-electron chi connectivity index (χ4n) is 3.19. The van der Waals surface area contributed by atoms with Gasteiger partial charge in [-0.05, 0) is 12.8 Å². The molecule has 0 bridgehead atoms. The van der Waals surface area contributed by atoms with Gasteiger partial charge in [0.25, 0.3) is 0 Å². The van der Waals surface area contributed by atoms with Crippen molar-refractivity contribution in [3.8, 4) is 0 Å². The van der Waals surface area contributed by atoms with Crippen LogP contribution in [0.5, 0.6) is 0 Å². The third kappa shape index (κ3) is 13.1. The van der Waals surface area contributed by atoms with Crippen molar-refractivity contribution in [1.29, 1.82) is 0 Å². The van der Waals surface area contributed by atoms with E-state index in [0.717, 1.165) is 9.80 Å². The second-order valence-electron chi connectivity index (χ2n) is 5.72. The van der Waals surface area contributed by atoms with Crippen LogP contribution in [0.25, 0.3) is 0 Å². The molecular formula is C14H18CaN2Na2O8. The second kappa shape index (κ2) is 16.8. The molecular weight excluding hydrogens is 410 g/mol. The van der Waals surface area contributed by atoms with Gasteiger partial charge in [-0.1, -0.05) is 12.8 Å². The molecule has 1 aliphatic rings. The first kappa shape index (κ1) is 32.7. The number of nitrogens with zero attached hydrogens (tertiary/aromatic N) is 2. The predicted octanol–water partition coefficient (Wildman–Crippen LogP) is -12.5. The van der Waals surface area contributed by atoms with E-state index in [1.54, 1.807) is 0 Å². The van der Waals surface area contributed by atoms with Crippen LogP contribution in [0.4, 0.5) is 0 Å².